The average molecular weight is 255 g/mol. The van der Waals surface area contributed by atoms with Gasteiger partial charge >= 0.3 is 0 Å². The Kier molecular flexibility index (Phi) is 5.68. The molecule has 0 aromatic carbocycles. The summed E-state index contributed by atoms with van der Waals surface area (Å²) in [5, 5.41) is 3.92. The Hall–Kier alpha value is 0.310. The highest BCUT2D eigenvalue weighted by molar-refractivity contribution is 7.98. The largest absolute Gasteiger partial charge is 0.310 e. The van der Waals surface area contributed by atoms with Crippen molar-refractivity contribution in [1.29, 1.82) is 0 Å². The van der Waals surface area contributed by atoms with E-state index < -0.39 is 0 Å². The summed E-state index contributed by atoms with van der Waals surface area (Å²) in [6, 6.07) is 1.57. The van der Waals surface area contributed by atoms with Crippen molar-refractivity contribution in [3.63, 3.8) is 0 Å². The maximum Gasteiger partial charge on any atom is 0.0158 e. The molecule has 17 heavy (non-hydrogen) atoms. The van der Waals surface area contributed by atoms with Crippen LogP contribution < -0.4 is 5.32 Å². The molecular weight excluding hydrogens is 226 g/mol. The van der Waals surface area contributed by atoms with Gasteiger partial charge < -0.3 is 5.32 Å². The number of rotatable bonds is 5. The summed E-state index contributed by atoms with van der Waals surface area (Å²) in [5.74, 6) is 3.42. The SMILES string of the molecule is CCC(CSC)NC1CCC2CCCCC2C1. The third-order valence-corrected chi connectivity index (χ3v) is 5.61. The molecule has 0 saturated heterocycles. The van der Waals surface area contributed by atoms with Crippen molar-refractivity contribution >= 4 is 11.8 Å². The van der Waals surface area contributed by atoms with E-state index >= 15 is 0 Å². The van der Waals surface area contributed by atoms with Crippen LogP contribution >= 0.6 is 11.8 Å². The van der Waals surface area contributed by atoms with E-state index in [1.165, 1.54) is 57.1 Å². The van der Waals surface area contributed by atoms with Gasteiger partial charge in [0.25, 0.3) is 0 Å². The zero-order valence-corrected chi connectivity index (χ0v) is 12.4. The second kappa shape index (κ2) is 7.04. The fraction of sp³-hybridized carbons (Fsp3) is 1.00. The summed E-state index contributed by atoms with van der Waals surface area (Å²) in [4.78, 5) is 0. The lowest BCUT2D eigenvalue weighted by molar-refractivity contribution is 0.139. The lowest BCUT2D eigenvalue weighted by atomic mass is 9.69. The maximum atomic E-state index is 3.92. The summed E-state index contributed by atoms with van der Waals surface area (Å²) >= 11 is 1.98. The first kappa shape index (κ1) is 13.7. The van der Waals surface area contributed by atoms with Crippen LogP contribution in [0.1, 0.15) is 58.3 Å². The van der Waals surface area contributed by atoms with Gasteiger partial charge in [0.1, 0.15) is 0 Å². The molecule has 2 saturated carbocycles. The number of hydrogen-bond acceptors (Lipinski definition) is 2. The van der Waals surface area contributed by atoms with E-state index in [2.05, 4.69) is 18.5 Å². The van der Waals surface area contributed by atoms with Crippen LogP contribution in [-0.2, 0) is 0 Å². The standard InChI is InChI=1S/C15H29NS/c1-3-14(11-17-2)16-15-9-8-12-6-4-5-7-13(12)10-15/h12-16H,3-11H2,1-2H3. The third kappa shape index (κ3) is 3.89. The van der Waals surface area contributed by atoms with Gasteiger partial charge in [-0.15, -0.1) is 0 Å². The fourth-order valence-corrected chi connectivity index (χ4v) is 4.58. The first-order valence-electron chi connectivity index (χ1n) is 7.58. The quantitative estimate of drug-likeness (QED) is 0.794. The molecule has 2 heteroatoms. The minimum atomic E-state index is 0.746. The molecule has 0 bridgehead atoms. The highest BCUT2D eigenvalue weighted by Crippen LogP contribution is 2.40. The maximum absolute atomic E-state index is 3.92. The predicted octanol–water partition coefficient (Wildman–Crippen LogP) is 4.08. The third-order valence-electron chi connectivity index (χ3n) is 4.87. The van der Waals surface area contributed by atoms with Gasteiger partial charge in [0, 0.05) is 17.8 Å². The zero-order chi connectivity index (χ0) is 12.1. The molecule has 0 radical (unpaired) electrons. The minimum absolute atomic E-state index is 0.746. The van der Waals surface area contributed by atoms with Crippen LogP contribution in [0, 0.1) is 11.8 Å². The summed E-state index contributed by atoms with van der Waals surface area (Å²) in [6.45, 7) is 2.32. The first-order chi connectivity index (χ1) is 8.33. The molecule has 0 aromatic heterocycles. The van der Waals surface area contributed by atoms with Gasteiger partial charge in [-0.2, -0.15) is 11.8 Å². The molecule has 4 atom stereocenters. The predicted molar refractivity (Wildman–Crippen MR) is 78.7 cm³/mol. The highest BCUT2D eigenvalue weighted by atomic mass is 32.2. The van der Waals surface area contributed by atoms with Gasteiger partial charge in [-0.1, -0.05) is 32.6 Å². The lowest BCUT2D eigenvalue weighted by Gasteiger charge is -2.40. The topological polar surface area (TPSA) is 12.0 Å². The van der Waals surface area contributed by atoms with Crippen LogP contribution in [0.25, 0.3) is 0 Å². The Morgan fingerprint density at radius 3 is 2.59 bits per heavy atom. The van der Waals surface area contributed by atoms with E-state index in [0.29, 0.717) is 0 Å². The Bertz CT molecular complexity index is 217. The van der Waals surface area contributed by atoms with Crippen LogP contribution in [0.3, 0.4) is 0 Å². The van der Waals surface area contributed by atoms with Crippen molar-refractivity contribution in [1.82, 2.24) is 5.32 Å². The molecule has 2 fully saturated rings. The molecule has 0 heterocycles. The molecule has 2 rings (SSSR count). The van der Waals surface area contributed by atoms with Crippen LogP contribution in [0.5, 0.6) is 0 Å². The molecule has 1 nitrogen and oxygen atoms in total. The smallest absolute Gasteiger partial charge is 0.0158 e. The molecule has 100 valence electrons. The Morgan fingerprint density at radius 2 is 1.88 bits per heavy atom. The summed E-state index contributed by atoms with van der Waals surface area (Å²) < 4.78 is 0. The minimum Gasteiger partial charge on any atom is -0.310 e. The van der Waals surface area contributed by atoms with Gasteiger partial charge in [0.15, 0.2) is 0 Å². The molecule has 0 spiro atoms. The van der Waals surface area contributed by atoms with Crippen molar-refractivity contribution in [2.24, 2.45) is 11.8 Å². The number of nitrogens with one attached hydrogen (secondary N) is 1. The molecule has 1 N–H and O–H groups in total. The fourth-order valence-electron chi connectivity index (χ4n) is 3.84. The summed E-state index contributed by atoms with van der Waals surface area (Å²) in [6.07, 6.45) is 14.0. The van der Waals surface area contributed by atoms with Crippen LogP contribution in [0.15, 0.2) is 0 Å². The Morgan fingerprint density at radius 1 is 1.12 bits per heavy atom. The van der Waals surface area contributed by atoms with Gasteiger partial charge in [-0.25, -0.2) is 0 Å². The number of fused-ring (bicyclic) bond motifs is 1. The second-order valence-corrected chi connectivity index (χ2v) is 6.95. The molecular formula is C15H29NS. The molecule has 2 aliphatic carbocycles. The van der Waals surface area contributed by atoms with E-state index in [0.717, 1.165) is 23.9 Å². The van der Waals surface area contributed by atoms with E-state index in [1.807, 2.05) is 11.8 Å². The zero-order valence-electron chi connectivity index (χ0n) is 11.6. The van der Waals surface area contributed by atoms with Gasteiger partial charge in [0.2, 0.25) is 0 Å². The van der Waals surface area contributed by atoms with Crippen LogP contribution in [0.4, 0.5) is 0 Å². The monoisotopic (exact) mass is 255 g/mol. The number of hydrogen-bond donors (Lipinski definition) is 1. The second-order valence-electron chi connectivity index (χ2n) is 6.04. The average Bonchev–Trinajstić information content (AvgIpc) is 2.38. The molecule has 2 aliphatic rings. The van der Waals surface area contributed by atoms with Gasteiger partial charge in [0.05, 0.1) is 0 Å². The Labute approximate surface area is 112 Å². The Balaban J connectivity index is 1.78. The van der Waals surface area contributed by atoms with Crippen LogP contribution in [-0.4, -0.2) is 24.1 Å². The summed E-state index contributed by atoms with van der Waals surface area (Å²) in [5.41, 5.74) is 0. The van der Waals surface area contributed by atoms with E-state index in [9.17, 15) is 0 Å². The van der Waals surface area contributed by atoms with Gasteiger partial charge in [-0.05, 0) is 43.8 Å². The molecule has 4 unspecified atom stereocenters. The van der Waals surface area contributed by atoms with E-state index in [-0.39, 0.29) is 0 Å². The van der Waals surface area contributed by atoms with Crippen molar-refractivity contribution < 1.29 is 0 Å². The van der Waals surface area contributed by atoms with Crippen molar-refractivity contribution in [3.8, 4) is 0 Å². The molecule has 0 aromatic rings. The molecule has 0 aliphatic heterocycles. The van der Waals surface area contributed by atoms with E-state index in [4.69, 9.17) is 0 Å². The highest BCUT2D eigenvalue weighted by Gasteiger charge is 2.32. The lowest BCUT2D eigenvalue weighted by Crippen LogP contribution is -2.44. The van der Waals surface area contributed by atoms with Gasteiger partial charge in [-0.3, -0.25) is 0 Å². The van der Waals surface area contributed by atoms with Crippen molar-refractivity contribution in [2.75, 3.05) is 12.0 Å². The normalized spacial score (nSPS) is 35.3. The summed E-state index contributed by atoms with van der Waals surface area (Å²) in [7, 11) is 0. The number of thioether (sulfide) groups is 1. The molecule has 0 amide bonds. The van der Waals surface area contributed by atoms with Crippen molar-refractivity contribution in [2.45, 2.75) is 70.4 Å². The van der Waals surface area contributed by atoms with E-state index in [1.54, 1.807) is 0 Å². The first-order valence-corrected chi connectivity index (χ1v) is 8.97. The van der Waals surface area contributed by atoms with Crippen molar-refractivity contribution in [3.05, 3.63) is 0 Å². The van der Waals surface area contributed by atoms with Crippen LogP contribution in [0.2, 0.25) is 0 Å².